The molecule has 2 rings (SSSR count). The normalized spacial score (nSPS) is 11.8. The highest BCUT2D eigenvalue weighted by Gasteiger charge is 2.15. The molecule has 1 heterocycles. The van der Waals surface area contributed by atoms with Gasteiger partial charge in [-0.2, -0.15) is 15.0 Å². The zero-order valence-electron chi connectivity index (χ0n) is 12.4. The van der Waals surface area contributed by atoms with E-state index in [1.54, 1.807) is 32.2 Å². The van der Waals surface area contributed by atoms with E-state index in [0.717, 1.165) is 0 Å². The zero-order chi connectivity index (χ0) is 15.9. The van der Waals surface area contributed by atoms with Crippen LogP contribution in [0.15, 0.2) is 24.3 Å². The monoisotopic (exact) mass is 307 g/mol. The largest absolute Gasteiger partial charge is 0.455 e. The molecule has 2 aromatic rings. The molecular formula is C14H18FN5O2. The van der Waals surface area contributed by atoms with Gasteiger partial charge in [0.25, 0.3) is 0 Å². The van der Waals surface area contributed by atoms with Gasteiger partial charge in [0.2, 0.25) is 11.9 Å². The highest BCUT2D eigenvalue weighted by atomic mass is 19.1. The van der Waals surface area contributed by atoms with Gasteiger partial charge in [-0.1, -0.05) is 18.2 Å². The van der Waals surface area contributed by atoms with Crippen LogP contribution in [0.4, 0.5) is 16.3 Å². The van der Waals surface area contributed by atoms with Gasteiger partial charge in [-0.3, -0.25) is 0 Å². The Kier molecular flexibility index (Phi) is 5.42. The number of nitrogens with one attached hydrogen (secondary N) is 2. The Bertz CT molecular complexity index is 626. The highest BCUT2D eigenvalue weighted by Crippen LogP contribution is 2.22. The third kappa shape index (κ3) is 4.01. The van der Waals surface area contributed by atoms with Crippen LogP contribution in [0.2, 0.25) is 0 Å². The third-order valence-electron chi connectivity index (χ3n) is 2.86. The first kappa shape index (κ1) is 15.9. The molecule has 0 aliphatic carbocycles. The van der Waals surface area contributed by atoms with Crippen LogP contribution in [0.5, 0.6) is 6.01 Å². The van der Waals surface area contributed by atoms with Crippen LogP contribution >= 0.6 is 0 Å². The average Bonchev–Trinajstić information content (AvgIpc) is 2.53. The minimum Gasteiger partial charge on any atom is -0.455 e. The van der Waals surface area contributed by atoms with Gasteiger partial charge in [0.1, 0.15) is 11.9 Å². The first-order valence-electron chi connectivity index (χ1n) is 6.83. The number of hydrogen-bond acceptors (Lipinski definition) is 7. The first-order valence-corrected chi connectivity index (χ1v) is 6.83. The summed E-state index contributed by atoms with van der Waals surface area (Å²) in [5.41, 5.74) is 0.416. The molecule has 0 radical (unpaired) electrons. The second-order valence-electron chi connectivity index (χ2n) is 4.45. The third-order valence-corrected chi connectivity index (χ3v) is 2.86. The molecule has 0 aliphatic rings. The maximum Gasteiger partial charge on any atom is 0.323 e. The summed E-state index contributed by atoms with van der Waals surface area (Å²) in [5.74, 6) is 0.229. The number of halogens is 1. The van der Waals surface area contributed by atoms with Crippen molar-refractivity contribution in [1.29, 1.82) is 0 Å². The summed E-state index contributed by atoms with van der Waals surface area (Å²) in [7, 11) is 1.66. The van der Waals surface area contributed by atoms with Crippen molar-refractivity contribution < 1.29 is 14.2 Å². The van der Waals surface area contributed by atoms with Gasteiger partial charge in [-0.25, -0.2) is 4.39 Å². The van der Waals surface area contributed by atoms with Crippen LogP contribution < -0.4 is 15.4 Å². The van der Waals surface area contributed by atoms with E-state index >= 15 is 0 Å². The van der Waals surface area contributed by atoms with Crippen LogP contribution in [-0.2, 0) is 0 Å². The molecule has 1 unspecified atom stereocenters. The summed E-state index contributed by atoms with van der Waals surface area (Å²) >= 11 is 0. The molecule has 1 aromatic carbocycles. The summed E-state index contributed by atoms with van der Waals surface area (Å²) in [6.07, 6.45) is -0.556. The number of rotatable bonds is 7. The number of aliphatic hydroxyl groups excluding tert-OH is 1. The van der Waals surface area contributed by atoms with Gasteiger partial charge in [-0.15, -0.1) is 0 Å². The number of aliphatic hydroxyl groups is 1. The van der Waals surface area contributed by atoms with Crippen molar-refractivity contribution in [2.45, 2.75) is 13.0 Å². The van der Waals surface area contributed by atoms with Gasteiger partial charge in [0, 0.05) is 19.2 Å². The predicted octanol–water partition coefficient (Wildman–Crippen LogP) is 1.60. The summed E-state index contributed by atoms with van der Waals surface area (Å²) in [6, 6.07) is 6.43. The maximum atomic E-state index is 13.7. The topological polar surface area (TPSA) is 92.2 Å². The minimum absolute atomic E-state index is 0.0532. The molecule has 118 valence electrons. The molecule has 0 aliphatic heterocycles. The molecule has 1 aromatic heterocycles. The average molecular weight is 307 g/mol. The standard InChI is InChI=1S/C14H18FN5O2/c1-9(10-5-3-4-6-11(10)15)22-14-19-12(16-2)18-13(20-14)17-7-8-21/h3-6,9,21H,7-8H2,1-2H3,(H2,16,17,18,19,20). The van der Waals surface area contributed by atoms with E-state index in [1.807, 2.05) is 0 Å². The SMILES string of the molecule is CNc1nc(NCCO)nc(OC(C)c2ccccc2F)n1. The fraction of sp³-hybridized carbons (Fsp3) is 0.357. The van der Waals surface area contributed by atoms with Crippen molar-refractivity contribution in [2.24, 2.45) is 0 Å². The number of hydrogen-bond donors (Lipinski definition) is 3. The Morgan fingerprint density at radius 2 is 1.95 bits per heavy atom. The van der Waals surface area contributed by atoms with Gasteiger partial charge >= 0.3 is 6.01 Å². The van der Waals surface area contributed by atoms with E-state index in [-0.39, 0.29) is 24.4 Å². The highest BCUT2D eigenvalue weighted by molar-refractivity contribution is 5.35. The Hall–Kier alpha value is -2.48. The van der Waals surface area contributed by atoms with Crippen LogP contribution in [-0.4, -0.2) is 40.3 Å². The quantitative estimate of drug-likeness (QED) is 0.715. The molecule has 1 atom stereocenters. The fourth-order valence-corrected chi connectivity index (χ4v) is 1.79. The molecule has 0 spiro atoms. The fourth-order valence-electron chi connectivity index (χ4n) is 1.79. The lowest BCUT2D eigenvalue weighted by molar-refractivity contribution is 0.202. The number of nitrogens with zero attached hydrogens (tertiary/aromatic N) is 3. The lowest BCUT2D eigenvalue weighted by Crippen LogP contribution is -2.13. The van der Waals surface area contributed by atoms with Crippen LogP contribution in [0.25, 0.3) is 0 Å². The molecule has 3 N–H and O–H groups in total. The van der Waals surface area contributed by atoms with Crippen LogP contribution in [0.1, 0.15) is 18.6 Å². The van der Waals surface area contributed by atoms with Crippen molar-refractivity contribution in [2.75, 3.05) is 30.8 Å². The summed E-state index contributed by atoms with van der Waals surface area (Å²) < 4.78 is 19.3. The van der Waals surface area contributed by atoms with Gasteiger partial charge in [0.15, 0.2) is 0 Å². The Labute approximate surface area is 127 Å². The summed E-state index contributed by atoms with van der Waals surface area (Å²) in [5, 5.41) is 14.4. The number of benzene rings is 1. The van der Waals surface area contributed by atoms with Gasteiger partial charge in [-0.05, 0) is 13.0 Å². The first-order chi connectivity index (χ1) is 10.6. The van der Waals surface area contributed by atoms with E-state index in [1.165, 1.54) is 6.07 Å². The molecule has 0 bridgehead atoms. The molecule has 0 fully saturated rings. The van der Waals surface area contributed by atoms with Crippen LogP contribution in [0.3, 0.4) is 0 Å². The Morgan fingerprint density at radius 3 is 2.64 bits per heavy atom. The zero-order valence-corrected chi connectivity index (χ0v) is 12.4. The van der Waals surface area contributed by atoms with Crippen molar-refractivity contribution in [3.05, 3.63) is 35.6 Å². The minimum atomic E-state index is -0.556. The van der Waals surface area contributed by atoms with Crippen LogP contribution in [0, 0.1) is 5.82 Å². The van der Waals surface area contributed by atoms with E-state index in [9.17, 15) is 4.39 Å². The van der Waals surface area contributed by atoms with Gasteiger partial charge < -0.3 is 20.5 Å². The van der Waals surface area contributed by atoms with Crippen molar-refractivity contribution >= 4 is 11.9 Å². The van der Waals surface area contributed by atoms with Crippen molar-refractivity contribution in [3.8, 4) is 6.01 Å². The summed E-state index contributed by atoms with van der Waals surface area (Å²) in [4.78, 5) is 12.2. The van der Waals surface area contributed by atoms with E-state index in [0.29, 0.717) is 18.1 Å². The van der Waals surface area contributed by atoms with E-state index in [2.05, 4.69) is 25.6 Å². The smallest absolute Gasteiger partial charge is 0.323 e. The summed E-state index contributed by atoms with van der Waals surface area (Å²) in [6.45, 7) is 1.96. The second kappa shape index (κ2) is 7.51. The van der Waals surface area contributed by atoms with E-state index < -0.39 is 6.10 Å². The predicted molar refractivity (Wildman–Crippen MR) is 80.4 cm³/mol. The Morgan fingerprint density at radius 1 is 1.23 bits per heavy atom. The Balaban J connectivity index is 2.19. The van der Waals surface area contributed by atoms with Gasteiger partial charge in [0.05, 0.1) is 6.61 Å². The number of aromatic nitrogens is 3. The number of anilines is 2. The number of ether oxygens (including phenoxy) is 1. The molecule has 0 saturated carbocycles. The molecule has 0 saturated heterocycles. The molecule has 8 heteroatoms. The molecule has 0 amide bonds. The second-order valence-corrected chi connectivity index (χ2v) is 4.45. The van der Waals surface area contributed by atoms with Crippen molar-refractivity contribution in [1.82, 2.24) is 15.0 Å². The molecule has 7 nitrogen and oxygen atoms in total. The van der Waals surface area contributed by atoms with Crippen molar-refractivity contribution in [3.63, 3.8) is 0 Å². The lowest BCUT2D eigenvalue weighted by atomic mass is 10.1. The molecule has 22 heavy (non-hydrogen) atoms. The maximum absolute atomic E-state index is 13.7. The van der Waals surface area contributed by atoms with E-state index in [4.69, 9.17) is 9.84 Å². The molecular weight excluding hydrogens is 289 g/mol. The lowest BCUT2D eigenvalue weighted by Gasteiger charge is -2.15.